The third-order valence-electron chi connectivity index (χ3n) is 2.41. The Kier molecular flexibility index (Phi) is 7.62. The molecule has 0 radical (unpaired) electrons. The van der Waals surface area contributed by atoms with Crippen LogP contribution in [0.1, 0.15) is 6.92 Å². The molecule has 0 aliphatic heterocycles. The topological polar surface area (TPSA) is 36.5 Å². The Balaban J connectivity index is 1.93. The summed E-state index contributed by atoms with van der Waals surface area (Å²) in [6.07, 6.45) is 6.20. The number of hydrogen-bond acceptors (Lipinski definition) is 3. The number of hydrogen-bond donors (Lipinski definition) is 0. The van der Waals surface area contributed by atoms with E-state index in [9.17, 15) is 0 Å². The summed E-state index contributed by atoms with van der Waals surface area (Å²) in [4.78, 5) is 0. The molecule has 5 nitrogen and oxygen atoms in total. The van der Waals surface area contributed by atoms with Crippen molar-refractivity contribution in [2.75, 3.05) is 40.1 Å². The summed E-state index contributed by atoms with van der Waals surface area (Å²) >= 11 is 0. The van der Waals surface area contributed by atoms with E-state index in [-0.39, 0.29) is 0 Å². The molecule has 0 spiro atoms. The van der Waals surface area contributed by atoms with Crippen LogP contribution in [0.5, 0.6) is 0 Å². The molecule has 0 saturated heterocycles. The van der Waals surface area contributed by atoms with E-state index < -0.39 is 0 Å². The second-order valence-corrected chi connectivity index (χ2v) is 3.70. The molecule has 0 bridgehead atoms. The monoisotopic (exact) mass is 243 g/mol. The van der Waals surface area contributed by atoms with Crippen molar-refractivity contribution in [2.24, 2.45) is 0 Å². The fraction of sp³-hybridized carbons (Fsp3) is 0.750. The lowest BCUT2D eigenvalue weighted by atomic mass is 10.6. The molecular formula is C12H23N2O3+. The highest BCUT2D eigenvalue weighted by Crippen LogP contribution is 1.84. The van der Waals surface area contributed by atoms with Crippen LogP contribution in [0.3, 0.4) is 0 Å². The van der Waals surface area contributed by atoms with Crippen LogP contribution in [0.25, 0.3) is 0 Å². The number of ether oxygens (including phenoxy) is 3. The van der Waals surface area contributed by atoms with Gasteiger partial charge in [0.2, 0.25) is 6.33 Å². The van der Waals surface area contributed by atoms with Gasteiger partial charge in [0.15, 0.2) is 0 Å². The second-order valence-electron chi connectivity index (χ2n) is 3.70. The van der Waals surface area contributed by atoms with Gasteiger partial charge in [0.25, 0.3) is 0 Å². The molecule has 0 unspecified atom stereocenters. The van der Waals surface area contributed by atoms with Crippen LogP contribution in [-0.2, 0) is 27.3 Å². The summed E-state index contributed by atoms with van der Waals surface area (Å²) in [5, 5.41) is 0. The minimum Gasteiger partial charge on any atom is -0.382 e. The Bertz CT molecular complexity index is 289. The molecule has 17 heavy (non-hydrogen) atoms. The maximum absolute atomic E-state index is 5.46. The quantitative estimate of drug-likeness (QED) is 0.443. The number of aromatic nitrogens is 2. The fourth-order valence-electron chi connectivity index (χ4n) is 1.39. The van der Waals surface area contributed by atoms with Gasteiger partial charge in [-0.15, -0.1) is 0 Å². The first kappa shape index (κ1) is 14.2. The molecule has 0 atom stereocenters. The molecule has 1 aromatic heterocycles. The predicted octanol–water partition coefficient (Wildman–Crippen LogP) is 0.475. The minimum absolute atomic E-state index is 0.629. The highest BCUT2D eigenvalue weighted by atomic mass is 16.5. The average Bonchev–Trinajstić information content (AvgIpc) is 2.80. The van der Waals surface area contributed by atoms with Crippen LogP contribution in [0.2, 0.25) is 0 Å². The third kappa shape index (κ3) is 6.41. The van der Waals surface area contributed by atoms with Crippen molar-refractivity contribution in [1.82, 2.24) is 4.57 Å². The molecule has 1 rings (SSSR count). The molecule has 5 heteroatoms. The van der Waals surface area contributed by atoms with Gasteiger partial charge >= 0.3 is 0 Å². The van der Waals surface area contributed by atoms with Crippen LogP contribution >= 0.6 is 0 Å². The van der Waals surface area contributed by atoms with Crippen molar-refractivity contribution in [3.05, 3.63) is 18.7 Å². The zero-order chi connectivity index (χ0) is 12.3. The number of nitrogens with zero attached hydrogens (tertiary/aromatic N) is 2. The number of imidazole rings is 1. The van der Waals surface area contributed by atoms with Gasteiger partial charge in [-0.25, -0.2) is 9.13 Å². The molecule has 0 saturated carbocycles. The zero-order valence-corrected chi connectivity index (χ0v) is 10.8. The standard InChI is InChI=1S/C12H23N2O3/c1-3-13-4-5-14(12-13)6-7-16-10-11-17-9-8-15-2/h4-5,12H,3,6-11H2,1-2H3/q+1. The lowest BCUT2D eigenvalue weighted by Gasteiger charge is -2.04. The first-order valence-corrected chi connectivity index (χ1v) is 6.06. The summed E-state index contributed by atoms with van der Waals surface area (Å²) < 4.78 is 19.9. The molecule has 1 heterocycles. The van der Waals surface area contributed by atoms with Gasteiger partial charge in [-0.05, 0) is 6.92 Å². The molecule has 0 aliphatic carbocycles. The van der Waals surface area contributed by atoms with Gasteiger partial charge in [0.1, 0.15) is 18.9 Å². The van der Waals surface area contributed by atoms with Gasteiger partial charge in [0, 0.05) is 7.11 Å². The van der Waals surface area contributed by atoms with Crippen molar-refractivity contribution in [1.29, 1.82) is 0 Å². The van der Waals surface area contributed by atoms with Crippen molar-refractivity contribution >= 4 is 0 Å². The van der Waals surface area contributed by atoms with Gasteiger partial charge in [-0.2, -0.15) is 0 Å². The number of rotatable bonds is 10. The molecule has 0 aromatic carbocycles. The zero-order valence-electron chi connectivity index (χ0n) is 10.8. The van der Waals surface area contributed by atoms with E-state index in [1.54, 1.807) is 7.11 Å². The van der Waals surface area contributed by atoms with E-state index in [1.165, 1.54) is 0 Å². The SMILES string of the molecule is CCn1cc[n+](CCOCCOCCOC)c1. The van der Waals surface area contributed by atoms with Crippen LogP contribution in [0, 0.1) is 0 Å². The van der Waals surface area contributed by atoms with Crippen molar-refractivity contribution in [2.45, 2.75) is 20.0 Å². The molecule has 98 valence electrons. The van der Waals surface area contributed by atoms with E-state index >= 15 is 0 Å². The summed E-state index contributed by atoms with van der Waals surface area (Å²) in [5.74, 6) is 0. The predicted molar refractivity (Wildman–Crippen MR) is 63.8 cm³/mol. The Morgan fingerprint density at radius 1 is 1.06 bits per heavy atom. The van der Waals surface area contributed by atoms with Crippen LogP contribution in [-0.4, -0.2) is 44.7 Å². The largest absolute Gasteiger partial charge is 0.382 e. The smallest absolute Gasteiger partial charge is 0.243 e. The lowest BCUT2D eigenvalue weighted by Crippen LogP contribution is -2.33. The average molecular weight is 243 g/mol. The fourth-order valence-corrected chi connectivity index (χ4v) is 1.39. The van der Waals surface area contributed by atoms with E-state index in [4.69, 9.17) is 14.2 Å². The minimum atomic E-state index is 0.629. The van der Waals surface area contributed by atoms with Gasteiger partial charge in [-0.3, -0.25) is 0 Å². The first-order valence-electron chi connectivity index (χ1n) is 6.06. The maximum atomic E-state index is 5.46. The Hall–Kier alpha value is -0.910. The Labute approximate surface area is 103 Å². The summed E-state index contributed by atoms with van der Waals surface area (Å²) in [6, 6.07) is 0. The molecule has 0 amide bonds. The first-order chi connectivity index (χ1) is 8.36. The molecule has 0 N–H and O–H groups in total. The van der Waals surface area contributed by atoms with E-state index in [2.05, 4.69) is 34.8 Å². The van der Waals surface area contributed by atoms with Crippen molar-refractivity contribution < 1.29 is 18.8 Å². The highest BCUT2D eigenvalue weighted by Gasteiger charge is 2.00. The third-order valence-corrected chi connectivity index (χ3v) is 2.41. The van der Waals surface area contributed by atoms with Crippen molar-refractivity contribution in [3.63, 3.8) is 0 Å². The van der Waals surface area contributed by atoms with E-state index in [1.807, 2.05) is 0 Å². The van der Waals surface area contributed by atoms with Gasteiger partial charge in [-0.1, -0.05) is 0 Å². The molecule has 0 aliphatic rings. The van der Waals surface area contributed by atoms with Gasteiger partial charge < -0.3 is 14.2 Å². The summed E-state index contributed by atoms with van der Waals surface area (Å²) in [7, 11) is 1.67. The molecule has 1 aromatic rings. The van der Waals surface area contributed by atoms with Crippen LogP contribution < -0.4 is 4.57 Å². The molecular weight excluding hydrogens is 220 g/mol. The van der Waals surface area contributed by atoms with Crippen LogP contribution in [0.4, 0.5) is 0 Å². The van der Waals surface area contributed by atoms with Crippen LogP contribution in [0.15, 0.2) is 18.7 Å². The van der Waals surface area contributed by atoms with E-state index in [0.717, 1.165) is 13.1 Å². The maximum Gasteiger partial charge on any atom is 0.243 e. The normalized spacial score (nSPS) is 10.9. The van der Waals surface area contributed by atoms with Crippen molar-refractivity contribution in [3.8, 4) is 0 Å². The lowest BCUT2D eigenvalue weighted by molar-refractivity contribution is -0.698. The number of methoxy groups -OCH3 is 1. The second kappa shape index (κ2) is 9.15. The summed E-state index contributed by atoms with van der Waals surface area (Å²) in [6.45, 7) is 7.26. The Morgan fingerprint density at radius 2 is 1.76 bits per heavy atom. The van der Waals surface area contributed by atoms with E-state index in [0.29, 0.717) is 33.0 Å². The molecule has 0 fully saturated rings. The summed E-state index contributed by atoms with van der Waals surface area (Å²) in [5.41, 5.74) is 0. The Morgan fingerprint density at radius 3 is 2.41 bits per heavy atom. The highest BCUT2D eigenvalue weighted by molar-refractivity contribution is 4.64. The number of aryl methyl sites for hydroxylation is 1. The van der Waals surface area contributed by atoms with Gasteiger partial charge in [0.05, 0.1) is 39.6 Å².